The molecule has 0 aromatic heterocycles. The minimum Gasteiger partial charge on any atom is -0.508 e. The number of alkyl halides is 3. The van der Waals surface area contributed by atoms with E-state index in [2.05, 4.69) is 0 Å². The van der Waals surface area contributed by atoms with Crippen molar-refractivity contribution in [3.05, 3.63) is 29.8 Å². The van der Waals surface area contributed by atoms with Gasteiger partial charge in [-0.05, 0) is 24.5 Å². The lowest BCUT2D eigenvalue weighted by molar-refractivity contribution is -0.135. The van der Waals surface area contributed by atoms with E-state index in [1.54, 1.807) is 18.2 Å². The molecule has 78 valence electrons. The first-order valence-electron chi connectivity index (χ1n) is 4.33. The third kappa shape index (κ3) is 3.68. The van der Waals surface area contributed by atoms with Gasteiger partial charge in [0.2, 0.25) is 0 Å². The third-order valence-corrected chi connectivity index (χ3v) is 1.90. The van der Waals surface area contributed by atoms with Crippen LogP contribution in [0.1, 0.15) is 18.4 Å². The van der Waals surface area contributed by atoms with Gasteiger partial charge in [0.1, 0.15) is 5.75 Å². The summed E-state index contributed by atoms with van der Waals surface area (Å²) in [6.07, 6.45) is -4.64. The standard InChI is InChI=1S/C10H11F3O/c11-10(12,13)7-3-5-8-4-1-2-6-9(8)14/h1-2,4,6,14H,3,5,7H2. The van der Waals surface area contributed by atoms with Crippen LogP contribution >= 0.6 is 0 Å². The van der Waals surface area contributed by atoms with Gasteiger partial charge in [0.15, 0.2) is 0 Å². The predicted molar refractivity (Wildman–Crippen MR) is 47.1 cm³/mol. The Hall–Kier alpha value is -1.19. The van der Waals surface area contributed by atoms with Crippen molar-refractivity contribution in [1.29, 1.82) is 0 Å². The summed E-state index contributed by atoms with van der Waals surface area (Å²) < 4.78 is 35.4. The van der Waals surface area contributed by atoms with Crippen LogP contribution in [0.5, 0.6) is 5.75 Å². The monoisotopic (exact) mass is 204 g/mol. The van der Waals surface area contributed by atoms with Crippen LogP contribution in [0.4, 0.5) is 13.2 Å². The van der Waals surface area contributed by atoms with E-state index in [0.29, 0.717) is 5.56 Å². The molecule has 1 rings (SSSR count). The van der Waals surface area contributed by atoms with E-state index < -0.39 is 12.6 Å². The van der Waals surface area contributed by atoms with E-state index in [1.165, 1.54) is 6.07 Å². The van der Waals surface area contributed by atoms with Gasteiger partial charge >= 0.3 is 6.18 Å². The molecule has 0 aliphatic heterocycles. The van der Waals surface area contributed by atoms with Gasteiger partial charge in [-0.25, -0.2) is 0 Å². The van der Waals surface area contributed by atoms with Gasteiger partial charge in [-0.1, -0.05) is 18.2 Å². The van der Waals surface area contributed by atoms with Crippen molar-refractivity contribution in [1.82, 2.24) is 0 Å². The lowest BCUT2D eigenvalue weighted by Crippen LogP contribution is -2.07. The number of benzene rings is 1. The van der Waals surface area contributed by atoms with Crippen LogP contribution in [0.15, 0.2) is 24.3 Å². The minimum absolute atomic E-state index is 0.0150. The highest BCUT2D eigenvalue weighted by Crippen LogP contribution is 2.24. The normalized spacial score (nSPS) is 11.6. The molecule has 0 unspecified atom stereocenters. The molecule has 0 radical (unpaired) electrons. The van der Waals surface area contributed by atoms with Crippen LogP contribution < -0.4 is 0 Å². The molecule has 0 aliphatic carbocycles. The number of aromatic hydroxyl groups is 1. The van der Waals surface area contributed by atoms with Gasteiger partial charge in [-0.2, -0.15) is 13.2 Å². The Morgan fingerprint density at radius 3 is 2.36 bits per heavy atom. The topological polar surface area (TPSA) is 20.2 Å². The van der Waals surface area contributed by atoms with Crippen molar-refractivity contribution in [2.75, 3.05) is 0 Å². The van der Waals surface area contributed by atoms with Crippen molar-refractivity contribution >= 4 is 0 Å². The molecule has 0 spiro atoms. The van der Waals surface area contributed by atoms with Crippen LogP contribution in [0.3, 0.4) is 0 Å². The first-order valence-corrected chi connectivity index (χ1v) is 4.33. The highest BCUT2D eigenvalue weighted by atomic mass is 19.4. The smallest absolute Gasteiger partial charge is 0.389 e. The first kappa shape index (κ1) is 10.9. The van der Waals surface area contributed by atoms with Crippen molar-refractivity contribution in [3.8, 4) is 5.75 Å². The van der Waals surface area contributed by atoms with Crippen molar-refractivity contribution < 1.29 is 18.3 Å². The highest BCUT2D eigenvalue weighted by molar-refractivity contribution is 5.31. The lowest BCUT2D eigenvalue weighted by Gasteiger charge is -2.06. The fraction of sp³-hybridized carbons (Fsp3) is 0.400. The molecule has 14 heavy (non-hydrogen) atoms. The molecule has 0 atom stereocenters. The summed E-state index contributed by atoms with van der Waals surface area (Å²) in [7, 11) is 0. The quantitative estimate of drug-likeness (QED) is 0.801. The summed E-state index contributed by atoms with van der Waals surface area (Å²) in [6.45, 7) is 0. The van der Waals surface area contributed by atoms with Crippen LogP contribution in [-0.4, -0.2) is 11.3 Å². The zero-order valence-corrected chi connectivity index (χ0v) is 7.51. The van der Waals surface area contributed by atoms with E-state index in [1.807, 2.05) is 0 Å². The Morgan fingerprint density at radius 1 is 1.14 bits per heavy atom. The number of phenolic OH excluding ortho intramolecular Hbond substituents is 1. The number of rotatable bonds is 3. The van der Waals surface area contributed by atoms with Gasteiger partial charge in [-0.3, -0.25) is 0 Å². The van der Waals surface area contributed by atoms with E-state index in [4.69, 9.17) is 0 Å². The van der Waals surface area contributed by atoms with Gasteiger partial charge in [0.25, 0.3) is 0 Å². The Morgan fingerprint density at radius 2 is 1.79 bits per heavy atom. The molecule has 0 saturated heterocycles. The largest absolute Gasteiger partial charge is 0.508 e. The van der Waals surface area contributed by atoms with Crippen molar-refractivity contribution in [2.24, 2.45) is 0 Å². The van der Waals surface area contributed by atoms with E-state index in [9.17, 15) is 18.3 Å². The molecule has 4 heteroatoms. The van der Waals surface area contributed by atoms with Gasteiger partial charge in [-0.15, -0.1) is 0 Å². The third-order valence-electron chi connectivity index (χ3n) is 1.90. The molecule has 0 aliphatic rings. The summed E-state index contributed by atoms with van der Waals surface area (Å²) in [4.78, 5) is 0. The maximum Gasteiger partial charge on any atom is 0.389 e. The zero-order valence-electron chi connectivity index (χ0n) is 7.51. The second-order valence-electron chi connectivity index (χ2n) is 3.10. The maximum absolute atomic E-state index is 11.8. The second-order valence-corrected chi connectivity index (χ2v) is 3.10. The number of halogens is 3. The molecule has 0 fully saturated rings. The number of hydrogen-bond acceptors (Lipinski definition) is 1. The lowest BCUT2D eigenvalue weighted by atomic mass is 10.1. The summed E-state index contributed by atoms with van der Waals surface area (Å²) >= 11 is 0. The zero-order chi connectivity index (χ0) is 10.6. The summed E-state index contributed by atoms with van der Waals surface area (Å²) in [5.74, 6) is 0.0645. The molecule has 1 aromatic carbocycles. The van der Waals surface area contributed by atoms with Gasteiger partial charge < -0.3 is 5.11 Å². The Kier molecular flexibility index (Phi) is 3.38. The van der Waals surface area contributed by atoms with Crippen LogP contribution in [-0.2, 0) is 6.42 Å². The second kappa shape index (κ2) is 4.35. The Bertz CT molecular complexity index is 294. The van der Waals surface area contributed by atoms with E-state index in [0.717, 1.165) is 0 Å². The Balaban J connectivity index is 2.43. The fourth-order valence-electron chi connectivity index (χ4n) is 1.20. The minimum atomic E-state index is -4.11. The summed E-state index contributed by atoms with van der Waals surface area (Å²) in [6, 6.07) is 6.44. The molecule has 0 amide bonds. The molecule has 1 aromatic rings. The first-order chi connectivity index (χ1) is 6.49. The number of phenols is 1. The molecular formula is C10H11F3O. The van der Waals surface area contributed by atoms with Crippen LogP contribution in [0, 0.1) is 0 Å². The van der Waals surface area contributed by atoms with Crippen LogP contribution in [0.2, 0.25) is 0 Å². The predicted octanol–water partition coefficient (Wildman–Crippen LogP) is 3.28. The molecule has 0 heterocycles. The van der Waals surface area contributed by atoms with E-state index in [-0.39, 0.29) is 18.6 Å². The molecule has 1 nitrogen and oxygen atoms in total. The summed E-state index contributed by atoms with van der Waals surface area (Å²) in [5.41, 5.74) is 0.566. The Labute approximate surface area is 80.2 Å². The summed E-state index contributed by atoms with van der Waals surface area (Å²) in [5, 5.41) is 9.26. The average molecular weight is 204 g/mol. The number of hydrogen-bond donors (Lipinski definition) is 1. The van der Waals surface area contributed by atoms with Crippen molar-refractivity contribution in [2.45, 2.75) is 25.4 Å². The molecular weight excluding hydrogens is 193 g/mol. The SMILES string of the molecule is Oc1ccccc1CCCC(F)(F)F. The number of para-hydroxylation sites is 1. The highest BCUT2D eigenvalue weighted by Gasteiger charge is 2.26. The maximum atomic E-state index is 11.8. The average Bonchev–Trinajstić information content (AvgIpc) is 2.06. The van der Waals surface area contributed by atoms with Crippen LogP contribution in [0.25, 0.3) is 0 Å². The molecule has 0 saturated carbocycles. The number of aryl methyl sites for hydroxylation is 1. The van der Waals surface area contributed by atoms with Gasteiger partial charge in [0.05, 0.1) is 0 Å². The van der Waals surface area contributed by atoms with E-state index >= 15 is 0 Å². The molecule has 1 N–H and O–H groups in total. The van der Waals surface area contributed by atoms with Gasteiger partial charge in [0, 0.05) is 6.42 Å². The van der Waals surface area contributed by atoms with Crippen molar-refractivity contribution in [3.63, 3.8) is 0 Å². The fourth-order valence-corrected chi connectivity index (χ4v) is 1.20. The molecule has 0 bridgehead atoms.